The molecule has 2 aromatic carbocycles. The minimum Gasteiger partial charge on any atom is -0.466 e. The van der Waals surface area contributed by atoms with Crippen LogP contribution in [0.3, 0.4) is 0 Å². The Morgan fingerprint density at radius 2 is 1.73 bits per heavy atom. The van der Waals surface area contributed by atoms with Gasteiger partial charge in [-0.3, -0.25) is 4.79 Å². The molecule has 1 aliphatic rings. The molecule has 1 heterocycles. The van der Waals surface area contributed by atoms with E-state index in [4.69, 9.17) is 4.74 Å². The Labute approximate surface area is 185 Å². The molecule has 0 bridgehead atoms. The zero-order valence-electron chi connectivity index (χ0n) is 19.0. The molecule has 0 N–H and O–H groups in total. The summed E-state index contributed by atoms with van der Waals surface area (Å²) in [6.45, 7) is 13.8. The summed E-state index contributed by atoms with van der Waals surface area (Å²) in [6, 6.07) is 12.5. The predicted molar refractivity (Wildman–Crippen MR) is 126 cm³/mol. The van der Waals surface area contributed by atoms with Gasteiger partial charge in [0.05, 0.1) is 13.0 Å². The van der Waals surface area contributed by atoms with Crippen molar-refractivity contribution in [3.05, 3.63) is 64.2 Å². The van der Waals surface area contributed by atoms with E-state index in [1.54, 1.807) is 0 Å². The molecule has 2 nitrogen and oxygen atoms in total. The van der Waals surface area contributed by atoms with Gasteiger partial charge in [0.1, 0.15) is 0 Å². The van der Waals surface area contributed by atoms with Crippen molar-refractivity contribution in [2.24, 2.45) is 0 Å². The Kier molecular flexibility index (Phi) is 6.68. The molecule has 0 saturated carbocycles. The fourth-order valence-corrected chi connectivity index (χ4v) is 6.11. The SMILES string of the molecule is CCOC(=O)Cc1ccccc1C#Cc1cc2c(cc1CC)SC(C)(C)CC2(C)C. The monoisotopic (exact) mass is 420 g/mol. The van der Waals surface area contributed by atoms with Crippen molar-refractivity contribution in [1.82, 2.24) is 0 Å². The average molecular weight is 421 g/mol. The Balaban J connectivity index is 2.00. The van der Waals surface area contributed by atoms with Crippen molar-refractivity contribution in [2.75, 3.05) is 6.61 Å². The van der Waals surface area contributed by atoms with Crippen LogP contribution < -0.4 is 0 Å². The highest BCUT2D eigenvalue weighted by molar-refractivity contribution is 8.00. The fourth-order valence-electron chi connectivity index (χ4n) is 4.44. The number of thioether (sulfide) groups is 1. The van der Waals surface area contributed by atoms with E-state index >= 15 is 0 Å². The fraction of sp³-hybridized carbons (Fsp3) is 0.444. The minimum absolute atomic E-state index is 0.120. The molecule has 30 heavy (non-hydrogen) atoms. The van der Waals surface area contributed by atoms with E-state index in [0.717, 1.165) is 29.5 Å². The van der Waals surface area contributed by atoms with Gasteiger partial charge in [0, 0.05) is 20.8 Å². The molecule has 0 amide bonds. The number of benzene rings is 2. The van der Waals surface area contributed by atoms with Crippen LogP contribution >= 0.6 is 11.8 Å². The van der Waals surface area contributed by atoms with Gasteiger partial charge in [-0.05, 0) is 60.1 Å². The van der Waals surface area contributed by atoms with Gasteiger partial charge >= 0.3 is 5.97 Å². The molecule has 0 unspecified atom stereocenters. The normalized spacial score (nSPS) is 16.2. The average Bonchev–Trinajstić information content (AvgIpc) is 2.65. The van der Waals surface area contributed by atoms with E-state index in [-0.39, 0.29) is 22.6 Å². The maximum absolute atomic E-state index is 12.0. The summed E-state index contributed by atoms with van der Waals surface area (Å²) in [5, 5.41) is 0. The highest BCUT2D eigenvalue weighted by Gasteiger charge is 2.38. The third-order valence-electron chi connectivity index (χ3n) is 5.56. The van der Waals surface area contributed by atoms with Crippen LogP contribution in [0.4, 0.5) is 0 Å². The molecule has 2 aromatic rings. The summed E-state index contributed by atoms with van der Waals surface area (Å²) in [4.78, 5) is 13.3. The smallest absolute Gasteiger partial charge is 0.310 e. The van der Waals surface area contributed by atoms with Crippen molar-refractivity contribution in [3.8, 4) is 11.8 Å². The van der Waals surface area contributed by atoms with E-state index in [1.807, 2.05) is 43.0 Å². The number of ether oxygens (including phenoxy) is 1. The van der Waals surface area contributed by atoms with Crippen molar-refractivity contribution >= 4 is 17.7 Å². The van der Waals surface area contributed by atoms with E-state index in [0.29, 0.717) is 6.61 Å². The Morgan fingerprint density at radius 1 is 1.03 bits per heavy atom. The van der Waals surface area contributed by atoms with E-state index in [2.05, 4.69) is 58.6 Å². The van der Waals surface area contributed by atoms with Gasteiger partial charge in [-0.25, -0.2) is 0 Å². The number of fused-ring (bicyclic) bond motifs is 1. The van der Waals surface area contributed by atoms with Gasteiger partial charge in [-0.1, -0.05) is 64.7 Å². The number of carbonyl (C=O) groups excluding carboxylic acids is 1. The lowest BCUT2D eigenvalue weighted by molar-refractivity contribution is -0.142. The number of hydrogen-bond acceptors (Lipinski definition) is 3. The Bertz CT molecular complexity index is 1010. The Morgan fingerprint density at radius 3 is 2.43 bits per heavy atom. The summed E-state index contributed by atoms with van der Waals surface area (Å²) in [7, 11) is 0. The summed E-state index contributed by atoms with van der Waals surface area (Å²) in [6.07, 6.45) is 2.34. The third-order valence-corrected chi connectivity index (χ3v) is 6.81. The standard InChI is InChI=1S/C27H32O2S/c1-7-19-16-24-23(26(3,4)18-27(5,6)30-24)15-22(19)14-13-20-11-9-10-12-21(20)17-25(28)29-8-2/h9-12,15-16H,7-8,17-18H2,1-6H3. The molecule has 0 atom stereocenters. The first-order valence-electron chi connectivity index (χ1n) is 10.8. The zero-order valence-corrected chi connectivity index (χ0v) is 19.8. The highest BCUT2D eigenvalue weighted by atomic mass is 32.2. The summed E-state index contributed by atoms with van der Waals surface area (Å²) in [5.41, 5.74) is 5.69. The number of aryl methyl sites for hydroxylation is 1. The van der Waals surface area contributed by atoms with Crippen LogP contribution in [-0.4, -0.2) is 17.3 Å². The first-order valence-corrected chi connectivity index (χ1v) is 11.6. The maximum Gasteiger partial charge on any atom is 0.310 e. The zero-order chi connectivity index (χ0) is 21.9. The molecular weight excluding hydrogens is 388 g/mol. The van der Waals surface area contributed by atoms with Gasteiger partial charge in [-0.2, -0.15) is 0 Å². The third kappa shape index (κ3) is 5.10. The molecule has 0 aliphatic carbocycles. The van der Waals surface area contributed by atoms with Gasteiger partial charge in [-0.15, -0.1) is 11.8 Å². The van der Waals surface area contributed by atoms with Gasteiger partial charge in [0.2, 0.25) is 0 Å². The molecule has 1 aliphatic heterocycles. The number of rotatable bonds is 4. The van der Waals surface area contributed by atoms with Crippen molar-refractivity contribution in [1.29, 1.82) is 0 Å². The highest BCUT2D eigenvalue weighted by Crippen LogP contribution is 2.51. The van der Waals surface area contributed by atoms with Crippen LogP contribution in [0.2, 0.25) is 0 Å². The van der Waals surface area contributed by atoms with Crippen LogP contribution in [0.25, 0.3) is 0 Å². The van der Waals surface area contributed by atoms with E-state index in [1.165, 1.54) is 16.0 Å². The predicted octanol–water partition coefficient (Wildman–Crippen LogP) is 6.31. The molecule has 0 saturated heterocycles. The van der Waals surface area contributed by atoms with Crippen LogP contribution in [0, 0.1) is 11.8 Å². The minimum atomic E-state index is -0.212. The molecule has 0 radical (unpaired) electrons. The lowest BCUT2D eigenvalue weighted by atomic mass is 9.76. The Hall–Kier alpha value is -2.18. The number of esters is 1. The number of hydrogen-bond donors (Lipinski definition) is 0. The maximum atomic E-state index is 12.0. The quantitative estimate of drug-likeness (QED) is 0.428. The van der Waals surface area contributed by atoms with Gasteiger partial charge in [0.25, 0.3) is 0 Å². The van der Waals surface area contributed by atoms with Crippen molar-refractivity contribution in [3.63, 3.8) is 0 Å². The summed E-state index contributed by atoms with van der Waals surface area (Å²) in [5.74, 6) is 6.55. The van der Waals surface area contributed by atoms with Gasteiger partial charge in [0.15, 0.2) is 0 Å². The molecule has 0 fully saturated rings. The second kappa shape index (κ2) is 8.90. The van der Waals surface area contributed by atoms with Crippen molar-refractivity contribution in [2.45, 2.75) is 75.9 Å². The molecule has 0 aromatic heterocycles. The van der Waals surface area contributed by atoms with Crippen LogP contribution in [0.5, 0.6) is 0 Å². The second-order valence-corrected chi connectivity index (χ2v) is 10.9. The molecular formula is C27H32O2S. The lowest BCUT2D eigenvalue weighted by Gasteiger charge is -2.42. The van der Waals surface area contributed by atoms with Crippen molar-refractivity contribution < 1.29 is 9.53 Å². The lowest BCUT2D eigenvalue weighted by Crippen LogP contribution is -2.33. The summed E-state index contributed by atoms with van der Waals surface area (Å²) < 4.78 is 5.35. The first-order chi connectivity index (χ1) is 14.1. The molecule has 3 heteroatoms. The van der Waals surface area contributed by atoms with Crippen LogP contribution in [0.1, 0.15) is 75.8 Å². The van der Waals surface area contributed by atoms with E-state index in [9.17, 15) is 4.79 Å². The first kappa shape index (κ1) is 22.5. The molecule has 158 valence electrons. The summed E-state index contributed by atoms with van der Waals surface area (Å²) >= 11 is 1.98. The number of carbonyl (C=O) groups is 1. The topological polar surface area (TPSA) is 26.3 Å². The van der Waals surface area contributed by atoms with Crippen LogP contribution in [-0.2, 0) is 27.8 Å². The van der Waals surface area contributed by atoms with E-state index < -0.39 is 0 Å². The molecule has 0 spiro atoms. The second-order valence-electron chi connectivity index (χ2n) is 9.17. The van der Waals surface area contributed by atoms with Crippen LogP contribution in [0.15, 0.2) is 41.3 Å². The van der Waals surface area contributed by atoms with Gasteiger partial charge < -0.3 is 4.74 Å². The molecule has 3 rings (SSSR count). The largest absolute Gasteiger partial charge is 0.466 e.